The number of nitrogens with zero attached hydrogens (tertiary/aromatic N) is 1. The Morgan fingerprint density at radius 1 is 1.56 bits per heavy atom. The van der Waals surface area contributed by atoms with Crippen molar-refractivity contribution in [3.05, 3.63) is 0 Å². The third kappa shape index (κ3) is 4.03. The summed E-state index contributed by atoms with van der Waals surface area (Å²) in [6.45, 7) is 1.43. The molecule has 1 unspecified atom stereocenters. The summed E-state index contributed by atoms with van der Waals surface area (Å²) in [7, 11) is 1.97. The zero-order chi connectivity index (χ0) is 12.1. The van der Waals surface area contributed by atoms with Crippen molar-refractivity contribution in [1.82, 2.24) is 15.5 Å². The molecule has 1 fully saturated rings. The molecule has 1 aliphatic rings. The van der Waals surface area contributed by atoms with E-state index in [4.69, 9.17) is 10.2 Å². The molecule has 0 aliphatic carbocycles. The Labute approximate surface area is 93.4 Å². The standard InChI is InChI=1S/C9H17N3O4/c1-12-3-2-6(5-12)11-9(16)10-4-7(13)8(14)15/h6-7,13H,2-5H2,1H3,(H,14,15)(H2,10,11,16)/t6?,7-/m0/s1. The summed E-state index contributed by atoms with van der Waals surface area (Å²) >= 11 is 0. The summed E-state index contributed by atoms with van der Waals surface area (Å²) in [5.41, 5.74) is 0. The molecular formula is C9H17N3O4. The molecule has 0 aromatic heterocycles. The number of amides is 2. The van der Waals surface area contributed by atoms with Crippen LogP contribution in [0.15, 0.2) is 0 Å². The third-order valence-corrected chi connectivity index (χ3v) is 2.47. The first kappa shape index (κ1) is 12.7. The van der Waals surface area contributed by atoms with Gasteiger partial charge in [-0.25, -0.2) is 9.59 Å². The van der Waals surface area contributed by atoms with E-state index < -0.39 is 18.1 Å². The van der Waals surface area contributed by atoms with Gasteiger partial charge >= 0.3 is 12.0 Å². The second-order valence-electron chi connectivity index (χ2n) is 3.96. The number of carboxylic acid groups (broad SMARTS) is 1. The van der Waals surface area contributed by atoms with Crippen LogP contribution in [0.5, 0.6) is 0 Å². The first-order valence-electron chi connectivity index (χ1n) is 5.13. The number of carbonyl (C=O) groups is 2. The van der Waals surface area contributed by atoms with Crippen molar-refractivity contribution < 1.29 is 19.8 Å². The van der Waals surface area contributed by atoms with Crippen LogP contribution in [0.3, 0.4) is 0 Å². The SMILES string of the molecule is CN1CCC(NC(=O)NC[C@H](O)C(=O)O)C1. The first-order valence-corrected chi connectivity index (χ1v) is 5.13. The van der Waals surface area contributed by atoms with Crippen molar-refractivity contribution in [3.63, 3.8) is 0 Å². The number of aliphatic carboxylic acids is 1. The van der Waals surface area contributed by atoms with Gasteiger partial charge in [0.15, 0.2) is 6.10 Å². The van der Waals surface area contributed by atoms with Gasteiger partial charge in [-0.1, -0.05) is 0 Å². The predicted octanol–water partition coefficient (Wildman–Crippen LogP) is -1.56. The molecule has 7 nitrogen and oxygen atoms in total. The number of likely N-dealkylation sites (N-methyl/N-ethyl adjacent to an activating group) is 1. The highest BCUT2D eigenvalue weighted by molar-refractivity contribution is 5.76. The molecule has 2 atom stereocenters. The van der Waals surface area contributed by atoms with Gasteiger partial charge in [-0.05, 0) is 20.0 Å². The lowest BCUT2D eigenvalue weighted by atomic mass is 10.3. The number of aliphatic hydroxyl groups is 1. The number of aliphatic hydroxyl groups excluding tert-OH is 1. The van der Waals surface area contributed by atoms with E-state index in [1.165, 1.54) is 0 Å². The number of carbonyl (C=O) groups excluding carboxylic acids is 1. The lowest BCUT2D eigenvalue weighted by molar-refractivity contribution is -0.146. The van der Waals surface area contributed by atoms with Crippen LogP contribution < -0.4 is 10.6 Å². The van der Waals surface area contributed by atoms with E-state index in [1.54, 1.807) is 0 Å². The maximum Gasteiger partial charge on any atom is 0.334 e. The van der Waals surface area contributed by atoms with Gasteiger partial charge in [0.1, 0.15) is 0 Å². The van der Waals surface area contributed by atoms with Gasteiger partial charge in [0.2, 0.25) is 0 Å². The Morgan fingerprint density at radius 3 is 2.75 bits per heavy atom. The number of carboxylic acids is 1. The van der Waals surface area contributed by atoms with Crippen molar-refractivity contribution in [2.75, 3.05) is 26.7 Å². The Hall–Kier alpha value is -1.34. The molecule has 2 amide bonds. The van der Waals surface area contributed by atoms with Crippen LogP contribution in [0, 0.1) is 0 Å². The zero-order valence-electron chi connectivity index (χ0n) is 9.14. The Kier molecular flexibility index (Phi) is 4.51. The zero-order valence-corrected chi connectivity index (χ0v) is 9.14. The van der Waals surface area contributed by atoms with Gasteiger partial charge < -0.3 is 25.7 Å². The number of rotatable bonds is 4. The Morgan fingerprint density at radius 2 is 2.25 bits per heavy atom. The van der Waals surface area contributed by atoms with Crippen LogP contribution in [-0.4, -0.2) is 65.9 Å². The van der Waals surface area contributed by atoms with Crippen LogP contribution >= 0.6 is 0 Å². The minimum atomic E-state index is -1.56. The molecule has 4 N–H and O–H groups in total. The minimum absolute atomic E-state index is 0.0898. The van der Waals surface area contributed by atoms with Crippen molar-refractivity contribution in [1.29, 1.82) is 0 Å². The minimum Gasteiger partial charge on any atom is -0.479 e. The molecular weight excluding hydrogens is 214 g/mol. The normalized spacial score (nSPS) is 22.8. The molecule has 0 aromatic carbocycles. The van der Waals surface area contributed by atoms with Crippen LogP contribution in [-0.2, 0) is 4.79 Å². The highest BCUT2D eigenvalue weighted by Crippen LogP contribution is 2.05. The summed E-state index contributed by atoms with van der Waals surface area (Å²) in [5, 5.41) is 22.3. The number of nitrogens with one attached hydrogen (secondary N) is 2. The van der Waals surface area contributed by atoms with Crippen LogP contribution in [0.1, 0.15) is 6.42 Å². The smallest absolute Gasteiger partial charge is 0.334 e. The number of likely N-dealkylation sites (tertiary alicyclic amines) is 1. The summed E-state index contributed by atoms with van der Waals surface area (Å²) in [6, 6.07) is -0.354. The monoisotopic (exact) mass is 231 g/mol. The van der Waals surface area contributed by atoms with Crippen molar-refractivity contribution >= 4 is 12.0 Å². The average molecular weight is 231 g/mol. The molecule has 7 heteroatoms. The first-order chi connectivity index (χ1) is 7.49. The summed E-state index contributed by atoms with van der Waals surface area (Å²) in [4.78, 5) is 23.7. The van der Waals surface area contributed by atoms with Gasteiger partial charge in [0.05, 0.1) is 6.54 Å². The molecule has 0 spiro atoms. The maximum absolute atomic E-state index is 11.3. The fourth-order valence-electron chi connectivity index (χ4n) is 1.57. The highest BCUT2D eigenvalue weighted by atomic mass is 16.4. The second kappa shape index (κ2) is 5.66. The van der Waals surface area contributed by atoms with Gasteiger partial charge in [0.25, 0.3) is 0 Å². The maximum atomic E-state index is 11.3. The van der Waals surface area contributed by atoms with Crippen LogP contribution in [0.2, 0.25) is 0 Å². The van der Waals surface area contributed by atoms with Gasteiger partial charge in [-0.3, -0.25) is 0 Å². The average Bonchev–Trinajstić information content (AvgIpc) is 2.60. The van der Waals surface area contributed by atoms with Gasteiger partial charge in [-0.15, -0.1) is 0 Å². The molecule has 0 saturated carbocycles. The number of urea groups is 1. The molecule has 0 radical (unpaired) electrons. The Bertz CT molecular complexity index is 271. The molecule has 16 heavy (non-hydrogen) atoms. The van der Waals surface area contributed by atoms with E-state index >= 15 is 0 Å². The van der Waals surface area contributed by atoms with Crippen molar-refractivity contribution in [3.8, 4) is 0 Å². The van der Waals surface area contributed by atoms with E-state index in [0.29, 0.717) is 0 Å². The molecule has 92 valence electrons. The van der Waals surface area contributed by atoms with E-state index in [-0.39, 0.29) is 12.6 Å². The largest absolute Gasteiger partial charge is 0.479 e. The van der Waals surface area contributed by atoms with E-state index in [1.807, 2.05) is 7.05 Å². The highest BCUT2D eigenvalue weighted by Gasteiger charge is 2.21. The van der Waals surface area contributed by atoms with Crippen LogP contribution in [0.4, 0.5) is 4.79 Å². The fraction of sp³-hybridized carbons (Fsp3) is 0.778. The molecule has 1 heterocycles. The topological polar surface area (TPSA) is 102 Å². The van der Waals surface area contributed by atoms with E-state index in [0.717, 1.165) is 19.5 Å². The number of hydrogen-bond acceptors (Lipinski definition) is 4. The van der Waals surface area contributed by atoms with Gasteiger partial charge in [-0.2, -0.15) is 0 Å². The lowest BCUT2D eigenvalue weighted by Gasteiger charge is -2.14. The van der Waals surface area contributed by atoms with Crippen molar-refractivity contribution in [2.45, 2.75) is 18.6 Å². The fourth-order valence-corrected chi connectivity index (χ4v) is 1.57. The molecule has 0 bridgehead atoms. The van der Waals surface area contributed by atoms with Crippen molar-refractivity contribution in [2.24, 2.45) is 0 Å². The van der Waals surface area contributed by atoms with E-state index in [9.17, 15) is 9.59 Å². The molecule has 1 rings (SSSR count). The summed E-state index contributed by atoms with van der Waals surface area (Å²) < 4.78 is 0. The quantitative estimate of drug-likeness (QED) is 0.468. The van der Waals surface area contributed by atoms with E-state index in [2.05, 4.69) is 15.5 Å². The number of hydrogen-bond donors (Lipinski definition) is 4. The summed E-state index contributed by atoms with van der Waals surface area (Å²) in [5.74, 6) is -1.35. The lowest BCUT2D eigenvalue weighted by Crippen LogP contribution is -2.46. The molecule has 0 aromatic rings. The third-order valence-electron chi connectivity index (χ3n) is 2.47. The van der Waals surface area contributed by atoms with Crippen LogP contribution in [0.25, 0.3) is 0 Å². The second-order valence-corrected chi connectivity index (χ2v) is 3.96. The molecule has 1 aliphatic heterocycles. The molecule has 1 saturated heterocycles. The Balaban J connectivity index is 2.18. The summed E-state index contributed by atoms with van der Waals surface area (Å²) in [6.07, 6.45) is -0.678. The van der Waals surface area contributed by atoms with Gasteiger partial charge in [0, 0.05) is 12.6 Å². The predicted molar refractivity (Wildman–Crippen MR) is 56.1 cm³/mol.